The molecule has 4 N–H and O–H groups in total. The van der Waals surface area contributed by atoms with Crippen LogP contribution in [0.4, 0.5) is 4.39 Å². The lowest BCUT2D eigenvalue weighted by atomic mass is 10.1. The van der Waals surface area contributed by atoms with Crippen molar-refractivity contribution in [3.05, 3.63) is 0 Å². The minimum atomic E-state index is -1.99. The van der Waals surface area contributed by atoms with Crippen LogP contribution in [0.1, 0.15) is 0 Å². The van der Waals surface area contributed by atoms with Gasteiger partial charge in [0.05, 0.1) is 6.61 Å². The number of alkyl halides is 1. The number of rotatable bonds is 5. The van der Waals surface area contributed by atoms with E-state index in [2.05, 4.69) is 0 Å². The summed E-state index contributed by atoms with van der Waals surface area (Å²) in [5, 5.41) is 34.6. The molecule has 0 aromatic rings. The van der Waals surface area contributed by atoms with Crippen LogP contribution in [0.5, 0.6) is 0 Å². The van der Waals surface area contributed by atoms with Gasteiger partial charge < -0.3 is 20.4 Å². The monoisotopic (exact) mass is 182 g/mol. The summed E-state index contributed by atoms with van der Waals surface area (Å²) in [4.78, 5) is 10.4. The second-order valence-corrected chi connectivity index (χ2v) is 2.29. The molecule has 0 heterocycles. The lowest BCUT2D eigenvalue weighted by Crippen LogP contribution is -2.44. The Hall–Kier alpha value is -0.560. The maximum atomic E-state index is 11.6. The zero-order valence-electron chi connectivity index (χ0n) is 6.22. The van der Waals surface area contributed by atoms with E-state index in [0.717, 1.165) is 0 Å². The van der Waals surface area contributed by atoms with Gasteiger partial charge in [-0.3, -0.25) is 4.79 Å². The first-order chi connectivity index (χ1) is 5.54. The Labute approximate surface area is 68.1 Å². The number of Topliss-reactive ketones (excluding diaryl/α,β-unsaturated/α-hetero) is 1. The van der Waals surface area contributed by atoms with Gasteiger partial charge in [-0.2, -0.15) is 0 Å². The van der Waals surface area contributed by atoms with Crippen molar-refractivity contribution in [2.24, 2.45) is 0 Å². The SMILES string of the molecule is O=C(CF)[C@H](O)[C@@H](O)[C@H](O)CO. The second kappa shape index (κ2) is 5.15. The van der Waals surface area contributed by atoms with Crippen LogP contribution in [-0.2, 0) is 4.79 Å². The van der Waals surface area contributed by atoms with Crippen molar-refractivity contribution < 1.29 is 29.6 Å². The predicted molar refractivity (Wildman–Crippen MR) is 36.1 cm³/mol. The topological polar surface area (TPSA) is 98.0 Å². The molecule has 3 atom stereocenters. The van der Waals surface area contributed by atoms with Crippen LogP contribution in [0.3, 0.4) is 0 Å². The van der Waals surface area contributed by atoms with Crippen LogP contribution in [-0.4, -0.2) is 57.8 Å². The van der Waals surface area contributed by atoms with E-state index >= 15 is 0 Å². The van der Waals surface area contributed by atoms with E-state index in [4.69, 9.17) is 20.4 Å². The van der Waals surface area contributed by atoms with Crippen LogP contribution < -0.4 is 0 Å². The lowest BCUT2D eigenvalue weighted by Gasteiger charge is -2.19. The smallest absolute Gasteiger partial charge is 0.194 e. The average molecular weight is 182 g/mol. The maximum absolute atomic E-state index is 11.6. The van der Waals surface area contributed by atoms with Crippen LogP contribution >= 0.6 is 0 Å². The van der Waals surface area contributed by atoms with E-state index in [-0.39, 0.29) is 0 Å². The number of carbonyl (C=O) groups is 1. The van der Waals surface area contributed by atoms with Crippen molar-refractivity contribution in [2.75, 3.05) is 13.3 Å². The van der Waals surface area contributed by atoms with Crippen molar-refractivity contribution in [3.8, 4) is 0 Å². The largest absolute Gasteiger partial charge is 0.394 e. The summed E-state index contributed by atoms with van der Waals surface area (Å²) in [5.74, 6) is -1.23. The highest BCUT2D eigenvalue weighted by Gasteiger charge is 2.29. The fourth-order valence-electron chi connectivity index (χ4n) is 0.588. The van der Waals surface area contributed by atoms with Gasteiger partial charge in [-0.15, -0.1) is 0 Å². The molecular formula is C6H11FO5. The Morgan fingerprint density at radius 3 is 2.17 bits per heavy atom. The number of hydrogen-bond donors (Lipinski definition) is 4. The molecule has 0 radical (unpaired) electrons. The Kier molecular flexibility index (Phi) is 4.91. The van der Waals surface area contributed by atoms with Crippen LogP contribution in [0.15, 0.2) is 0 Å². The van der Waals surface area contributed by atoms with Gasteiger partial charge in [-0.05, 0) is 0 Å². The highest BCUT2D eigenvalue weighted by atomic mass is 19.1. The lowest BCUT2D eigenvalue weighted by molar-refractivity contribution is -0.140. The quantitative estimate of drug-likeness (QED) is 0.380. The zero-order valence-corrected chi connectivity index (χ0v) is 6.22. The van der Waals surface area contributed by atoms with E-state index < -0.39 is 37.4 Å². The van der Waals surface area contributed by atoms with E-state index in [1.165, 1.54) is 0 Å². The van der Waals surface area contributed by atoms with Gasteiger partial charge in [0.15, 0.2) is 12.5 Å². The molecule has 0 rings (SSSR count). The van der Waals surface area contributed by atoms with Gasteiger partial charge in [0.1, 0.15) is 18.3 Å². The van der Waals surface area contributed by atoms with Gasteiger partial charge in [-0.25, -0.2) is 4.39 Å². The Morgan fingerprint density at radius 1 is 1.33 bits per heavy atom. The summed E-state index contributed by atoms with van der Waals surface area (Å²) < 4.78 is 11.6. The van der Waals surface area contributed by atoms with E-state index in [1.54, 1.807) is 0 Å². The van der Waals surface area contributed by atoms with E-state index in [1.807, 2.05) is 0 Å². The standard InChI is InChI=1S/C6H11FO5/c7-1-3(9)5(11)6(12)4(10)2-8/h4-6,8,10-12H,1-2H2/t4-,5+,6+/m1/s1. The van der Waals surface area contributed by atoms with Crippen LogP contribution in [0.2, 0.25) is 0 Å². The number of aliphatic hydroxyl groups is 4. The normalized spacial score (nSPS) is 18.4. The van der Waals surface area contributed by atoms with Gasteiger partial charge >= 0.3 is 0 Å². The molecule has 0 spiro atoms. The van der Waals surface area contributed by atoms with Gasteiger partial charge in [0.25, 0.3) is 0 Å². The van der Waals surface area contributed by atoms with Gasteiger partial charge in [0.2, 0.25) is 0 Å². The maximum Gasteiger partial charge on any atom is 0.194 e. The predicted octanol–water partition coefficient (Wildman–Crippen LogP) is -2.40. The third-order valence-corrected chi connectivity index (χ3v) is 1.37. The fourth-order valence-corrected chi connectivity index (χ4v) is 0.588. The zero-order chi connectivity index (χ0) is 9.72. The summed E-state index contributed by atoms with van der Waals surface area (Å²) >= 11 is 0. The summed E-state index contributed by atoms with van der Waals surface area (Å²) in [6.07, 6.45) is -5.48. The molecule has 0 saturated heterocycles. The van der Waals surface area contributed by atoms with E-state index in [9.17, 15) is 9.18 Å². The van der Waals surface area contributed by atoms with Crippen molar-refractivity contribution in [1.29, 1.82) is 0 Å². The van der Waals surface area contributed by atoms with Gasteiger partial charge in [0, 0.05) is 0 Å². The molecule has 72 valence electrons. The summed E-state index contributed by atoms with van der Waals surface area (Å²) in [6, 6.07) is 0. The summed E-state index contributed by atoms with van der Waals surface area (Å²) in [5.41, 5.74) is 0. The van der Waals surface area contributed by atoms with Crippen LogP contribution in [0.25, 0.3) is 0 Å². The molecule has 0 amide bonds. The Balaban J connectivity index is 4.08. The number of hydrogen-bond acceptors (Lipinski definition) is 5. The van der Waals surface area contributed by atoms with Crippen molar-refractivity contribution in [1.82, 2.24) is 0 Å². The Morgan fingerprint density at radius 2 is 1.83 bits per heavy atom. The third-order valence-electron chi connectivity index (χ3n) is 1.37. The van der Waals surface area contributed by atoms with E-state index in [0.29, 0.717) is 0 Å². The molecule has 0 bridgehead atoms. The first kappa shape index (κ1) is 11.4. The summed E-state index contributed by atoms with van der Waals surface area (Å²) in [6.45, 7) is -2.23. The molecule has 0 fully saturated rings. The minimum absolute atomic E-state index is 0.808. The number of halogens is 1. The molecule has 0 saturated carbocycles. The van der Waals surface area contributed by atoms with Gasteiger partial charge in [-0.1, -0.05) is 0 Å². The molecule has 0 aliphatic carbocycles. The molecule has 5 nitrogen and oxygen atoms in total. The average Bonchev–Trinajstić information content (AvgIpc) is 2.12. The molecule has 0 aromatic heterocycles. The number of ketones is 1. The minimum Gasteiger partial charge on any atom is -0.394 e. The highest BCUT2D eigenvalue weighted by molar-refractivity contribution is 5.84. The van der Waals surface area contributed by atoms with Crippen molar-refractivity contribution in [3.63, 3.8) is 0 Å². The first-order valence-electron chi connectivity index (χ1n) is 3.28. The highest BCUT2D eigenvalue weighted by Crippen LogP contribution is 2.01. The Bertz CT molecular complexity index is 151. The molecular weight excluding hydrogens is 171 g/mol. The van der Waals surface area contributed by atoms with Crippen molar-refractivity contribution >= 4 is 5.78 Å². The number of aliphatic hydroxyl groups excluding tert-OH is 4. The van der Waals surface area contributed by atoms with Crippen molar-refractivity contribution in [2.45, 2.75) is 18.3 Å². The first-order valence-corrected chi connectivity index (χ1v) is 3.28. The molecule has 0 aliphatic rings. The summed E-state index contributed by atoms with van der Waals surface area (Å²) in [7, 11) is 0. The molecule has 0 aromatic carbocycles. The van der Waals surface area contributed by atoms with Crippen LogP contribution in [0, 0.1) is 0 Å². The second-order valence-electron chi connectivity index (χ2n) is 2.29. The molecule has 0 aliphatic heterocycles. The fraction of sp³-hybridized carbons (Fsp3) is 0.833. The molecule has 12 heavy (non-hydrogen) atoms. The molecule has 6 heteroatoms. The third kappa shape index (κ3) is 2.82. The number of carbonyl (C=O) groups excluding carboxylic acids is 1. The molecule has 0 unspecified atom stereocenters.